The maximum atomic E-state index is 14.1. The Kier molecular flexibility index (Phi) is 8.12. The second-order valence-electron chi connectivity index (χ2n) is 5.10. The molecule has 0 spiro atoms. The molecular weight excluding hydrogens is 363 g/mol. The molecule has 1 rings (SSSR count). The van der Waals surface area contributed by atoms with Crippen LogP contribution in [0.4, 0.5) is 22.4 Å². The Balaban J connectivity index is 3.02. The molecule has 25 heavy (non-hydrogen) atoms. The van der Waals surface area contributed by atoms with Gasteiger partial charge in [0.15, 0.2) is 0 Å². The van der Waals surface area contributed by atoms with E-state index >= 15 is 0 Å². The molecule has 2 unspecified atom stereocenters. The maximum absolute atomic E-state index is 14.1. The third kappa shape index (κ3) is 8.18. The van der Waals surface area contributed by atoms with Gasteiger partial charge in [-0.3, -0.25) is 0 Å². The van der Waals surface area contributed by atoms with E-state index in [1.807, 2.05) is 0 Å². The molecule has 10 heteroatoms. The van der Waals surface area contributed by atoms with E-state index in [0.29, 0.717) is 5.44 Å². The predicted molar refractivity (Wildman–Crippen MR) is 86.4 cm³/mol. The first-order valence-corrected chi connectivity index (χ1v) is 8.09. The third-order valence-electron chi connectivity index (χ3n) is 3.13. The summed E-state index contributed by atoms with van der Waals surface area (Å²) < 4.78 is 60.8. The van der Waals surface area contributed by atoms with Gasteiger partial charge in [0.2, 0.25) is 0 Å². The molecule has 140 valence electrons. The molecule has 5 nitrogen and oxygen atoms in total. The molecular formula is C15H19F4N2O3P. The highest BCUT2D eigenvalue weighted by molar-refractivity contribution is 7.37. The van der Waals surface area contributed by atoms with Crippen LogP contribution in [0.3, 0.4) is 0 Å². The van der Waals surface area contributed by atoms with Crippen LogP contribution < -0.4 is 11.5 Å². The minimum Gasteiger partial charge on any atom is -0.441 e. The maximum Gasteiger partial charge on any atom is 0.405 e. The van der Waals surface area contributed by atoms with Gasteiger partial charge < -0.3 is 20.7 Å². The van der Waals surface area contributed by atoms with Crippen LogP contribution in [-0.2, 0) is 15.7 Å². The van der Waals surface area contributed by atoms with Crippen LogP contribution >= 0.6 is 8.81 Å². The second kappa shape index (κ2) is 9.58. The summed E-state index contributed by atoms with van der Waals surface area (Å²) in [7, 11) is 1.32. The van der Waals surface area contributed by atoms with Gasteiger partial charge in [-0.2, -0.15) is 13.2 Å². The molecule has 4 N–H and O–H groups in total. The number of carbonyl (C=O) groups is 1. The van der Waals surface area contributed by atoms with Gasteiger partial charge in [-0.15, -0.1) is 0 Å². The molecule has 0 radical (unpaired) electrons. The summed E-state index contributed by atoms with van der Waals surface area (Å²) in [6.45, 7) is 0. The molecule has 0 fully saturated rings. The number of benzene rings is 1. The first-order valence-electron chi connectivity index (χ1n) is 7.18. The monoisotopic (exact) mass is 382 g/mol. The summed E-state index contributed by atoms with van der Waals surface area (Å²) >= 11 is 0. The lowest BCUT2D eigenvalue weighted by atomic mass is 10.0. The Labute approximate surface area is 144 Å². The number of halogens is 4. The third-order valence-corrected chi connectivity index (χ3v) is 3.78. The van der Waals surface area contributed by atoms with Crippen LogP contribution in [0.25, 0.3) is 0 Å². The van der Waals surface area contributed by atoms with E-state index in [9.17, 15) is 22.4 Å². The first kappa shape index (κ1) is 21.2. The lowest BCUT2D eigenvalue weighted by Gasteiger charge is -2.18. The van der Waals surface area contributed by atoms with E-state index in [4.69, 9.17) is 20.7 Å². The van der Waals surface area contributed by atoms with Crippen LogP contribution in [-0.4, -0.2) is 19.4 Å². The predicted octanol–water partition coefficient (Wildman–Crippen LogP) is 3.89. The van der Waals surface area contributed by atoms with E-state index in [0.717, 1.165) is 6.07 Å². The number of hydrogen-bond acceptors (Lipinski definition) is 4. The van der Waals surface area contributed by atoms with Crippen molar-refractivity contribution in [2.45, 2.75) is 31.5 Å². The van der Waals surface area contributed by atoms with E-state index in [2.05, 4.69) is 0 Å². The molecule has 1 amide bonds. The highest BCUT2D eigenvalue weighted by Crippen LogP contribution is 2.29. The van der Waals surface area contributed by atoms with Gasteiger partial charge in [-0.25, -0.2) is 9.18 Å². The average Bonchev–Trinajstić information content (AvgIpc) is 2.50. The SMILES string of the molecule is COP/C(N)=C/CC(OC(N)=O)c1cc(CCC(F)(F)F)ccc1F. The van der Waals surface area contributed by atoms with Gasteiger partial charge in [0.05, 0.1) is 14.2 Å². The summed E-state index contributed by atoms with van der Waals surface area (Å²) in [4.78, 5) is 11.1. The van der Waals surface area contributed by atoms with Crippen LogP contribution in [0.5, 0.6) is 0 Å². The Morgan fingerprint density at radius 2 is 2.04 bits per heavy atom. The molecule has 0 aliphatic heterocycles. The standard InChI is InChI=1S/C15H19F4N2O3P/c1-23-25-13(20)5-4-12(24-14(21)22)10-8-9(2-3-11(10)16)6-7-15(17,18)19/h2-3,5,8,12,25H,4,6-7,20H2,1H3,(H2,21,22)/b13-5+. The minimum absolute atomic E-state index is 0.00474. The van der Waals surface area contributed by atoms with Crippen LogP contribution in [0.2, 0.25) is 0 Å². The fourth-order valence-electron chi connectivity index (χ4n) is 2.05. The molecule has 1 aromatic carbocycles. The number of aryl methyl sites for hydroxylation is 1. The summed E-state index contributed by atoms with van der Waals surface area (Å²) in [5, 5.41) is 0. The Hall–Kier alpha value is -1.86. The van der Waals surface area contributed by atoms with Crippen molar-refractivity contribution >= 4 is 14.9 Å². The van der Waals surface area contributed by atoms with Gasteiger partial charge in [-0.1, -0.05) is 12.1 Å². The summed E-state index contributed by atoms with van der Waals surface area (Å²) in [6, 6.07) is 3.52. The van der Waals surface area contributed by atoms with Gasteiger partial charge in [0, 0.05) is 25.5 Å². The zero-order valence-electron chi connectivity index (χ0n) is 13.4. The van der Waals surface area contributed by atoms with Crippen molar-refractivity contribution in [2.24, 2.45) is 11.5 Å². The van der Waals surface area contributed by atoms with Gasteiger partial charge in [0.25, 0.3) is 0 Å². The van der Waals surface area contributed by atoms with Crippen LogP contribution in [0.1, 0.15) is 30.1 Å². The fraction of sp³-hybridized carbons (Fsp3) is 0.400. The lowest BCUT2D eigenvalue weighted by Crippen LogP contribution is -2.18. The van der Waals surface area contributed by atoms with E-state index in [1.54, 1.807) is 0 Å². The van der Waals surface area contributed by atoms with Crippen molar-refractivity contribution in [3.05, 3.63) is 46.7 Å². The fourth-order valence-corrected chi connectivity index (χ4v) is 2.49. The Morgan fingerprint density at radius 3 is 2.60 bits per heavy atom. The number of alkyl halides is 3. The number of hydrogen-bond donors (Lipinski definition) is 2. The number of ether oxygens (including phenoxy) is 1. The number of primary amides is 1. The van der Waals surface area contributed by atoms with Gasteiger partial charge in [0.1, 0.15) is 11.9 Å². The summed E-state index contributed by atoms with van der Waals surface area (Å²) in [5.74, 6) is -0.719. The van der Waals surface area contributed by atoms with Crippen molar-refractivity contribution < 1.29 is 31.6 Å². The van der Waals surface area contributed by atoms with E-state index in [-0.39, 0.29) is 32.8 Å². The largest absolute Gasteiger partial charge is 0.441 e. The minimum atomic E-state index is -4.32. The number of nitrogens with two attached hydrogens (primary N) is 2. The average molecular weight is 382 g/mol. The Morgan fingerprint density at radius 1 is 1.36 bits per heavy atom. The van der Waals surface area contributed by atoms with Crippen molar-refractivity contribution in [3.8, 4) is 0 Å². The smallest absolute Gasteiger partial charge is 0.405 e. The van der Waals surface area contributed by atoms with Crippen LogP contribution in [0, 0.1) is 5.82 Å². The van der Waals surface area contributed by atoms with Crippen molar-refractivity contribution in [2.75, 3.05) is 7.11 Å². The highest BCUT2D eigenvalue weighted by Gasteiger charge is 2.27. The van der Waals surface area contributed by atoms with Crippen molar-refractivity contribution in [1.29, 1.82) is 0 Å². The summed E-state index contributed by atoms with van der Waals surface area (Å²) in [5.41, 5.74) is 11.2. The van der Waals surface area contributed by atoms with E-state index in [1.165, 1.54) is 25.3 Å². The van der Waals surface area contributed by atoms with Crippen molar-refractivity contribution in [1.82, 2.24) is 0 Å². The molecule has 0 bridgehead atoms. The normalized spacial score (nSPS) is 14.0. The molecule has 0 heterocycles. The molecule has 0 saturated heterocycles. The number of amides is 1. The van der Waals surface area contributed by atoms with E-state index < -0.39 is 30.6 Å². The first-order chi connectivity index (χ1) is 11.6. The Bertz CT molecular complexity index is 623. The van der Waals surface area contributed by atoms with Crippen LogP contribution in [0.15, 0.2) is 29.7 Å². The molecule has 0 aromatic heterocycles. The van der Waals surface area contributed by atoms with Gasteiger partial charge >= 0.3 is 12.3 Å². The molecule has 2 atom stereocenters. The zero-order chi connectivity index (χ0) is 19.0. The molecule has 0 aliphatic rings. The molecule has 0 aliphatic carbocycles. The molecule has 0 saturated carbocycles. The molecule has 1 aromatic rings. The number of rotatable bonds is 8. The highest BCUT2D eigenvalue weighted by atomic mass is 31.1. The van der Waals surface area contributed by atoms with Gasteiger partial charge in [-0.05, 0) is 24.1 Å². The zero-order valence-corrected chi connectivity index (χ0v) is 14.4. The second-order valence-corrected chi connectivity index (χ2v) is 6.29. The van der Waals surface area contributed by atoms with Crippen molar-refractivity contribution in [3.63, 3.8) is 0 Å². The lowest BCUT2D eigenvalue weighted by molar-refractivity contribution is -0.134. The summed E-state index contributed by atoms with van der Waals surface area (Å²) in [6.07, 6.45) is -6.43. The quantitative estimate of drug-likeness (QED) is 0.528. The topological polar surface area (TPSA) is 87.6 Å². The number of carbonyl (C=O) groups excluding carboxylic acids is 1.